The van der Waals surface area contributed by atoms with Crippen molar-refractivity contribution in [3.63, 3.8) is 0 Å². The molecular formula is C6H12N2. The molecule has 0 aliphatic carbocycles. The SMILES string of the molecule is N[C@@H]1CN2CCC1C2. The molecule has 0 spiro atoms. The molecule has 0 aromatic carbocycles. The van der Waals surface area contributed by atoms with Crippen LogP contribution in [-0.2, 0) is 0 Å². The predicted molar refractivity (Wildman–Crippen MR) is 32.5 cm³/mol. The van der Waals surface area contributed by atoms with E-state index in [2.05, 4.69) is 4.90 Å². The van der Waals surface area contributed by atoms with Gasteiger partial charge in [0, 0.05) is 19.1 Å². The highest BCUT2D eigenvalue weighted by molar-refractivity contribution is 4.92. The molecule has 2 N–H and O–H groups in total. The van der Waals surface area contributed by atoms with E-state index in [-0.39, 0.29) is 0 Å². The summed E-state index contributed by atoms with van der Waals surface area (Å²) in [7, 11) is 0. The molecule has 0 aromatic heterocycles. The van der Waals surface area contributed by atoms with E-state index in [9.17, 15) is 0 Å². The summed E-state index contributed by atoms with van der Waals surface area (Å²) in [5, 5.41) is 0. The fourth-order valence-electron chi connectivity index (χ4n) is 1.83. The molecule has 2 rings (SSSR count). The highest BCUT2D eigenvalue weighted by atomic mass is 15.2. The molecule has 0 aromatic rings. The lowest BCUT2D eigenvalue weighted by Crippen LogP contribution is -2.34. The van der Waals surface area contributed by atoms with Crippen molar-refractivity contribution >= 4 is 0 Å². The summed E-state index contributed by atoms with van der Waals surface area (Å²) in [6.07, 6.45) is 1.35. The molecule has 8 heavy (non-hydrogen) atoms. The first-order chi connectivity index (χ1) is 3.86. The molecular weight excluding hydrogens is 100 g/mol. The Kier molecular flexibility index (Phi) is 0.866. The molecule has 3 atom stereocenters. The van der Waals surface area contributed by atoms with Crippen LogP contribution in [0.3, 0.4) is 0 Å². The molecule has 2 heteroatoms. The minimum Gasteiger partial charge on any atom is -0.326 e. The van der Waals surface area contributed by atoms with Crippen LogP contribution in [0.2, 0.25) is 0 Å². The van der Waals surface area contributed by atoms with Gasteiger partial charge in [0.1, 0.15) is 0 Å². The third-order valence-corrected chi connectivity index (χ3v) is 2.38. The van der Waals surface area contributed by atoms with Gasteiger partial charge in [0.2, 0.25) is 0 Å². The van der Waals surface area contributed by atoms with Gasteiger partial charge in [0.05, 0.1) is 0 Å². The number of hydrogen-bond acceptors (Lipinski definition) is 2. The Balaban J connectivity index is 2.11. The molecule has 46 valence electrons. The predicted octanol–water partition coefficient (Wildman–Crippen LogP) is -0.351. The highest BCUT2D eigenvalue weighted by Crippen LogP contribution is 2.25. The Bertz CT molecular complexity index is 101. The maximum atomic E-state index is 5.78. The van der Waals surface area contributed by atoms with Gasteiger partial charge in [-0.05, 0) is 18.9 Å². The van der Waals surface area contributed by atoms with Gasteiger partial charge in [-0.2, -0.15) is 0 Å². The van der Waals surface area contributed by atoms with Crippen molar-refractivity contribution < 1.29 is 0 Å². The number of fused-ring (bicyclic) bond motifs is 2. The Morgan fingerprint density at radius 3 is 2.50 bits per heavy atom. The molecule has 2 bridgehead atoms. The van der Waals surface area contributed by atoms with Crippen LogP contribution in [0.25, 0.3) is 0 Å². The van der Waals surface area contributed by atoms with Gasteiger partial charge in [-0.1, -0.05) is 0 Å². The summed E-state index contributed by atoms with van der Waals surface area (Å²) in [4.78, 5) is 2.45. The molecule has 0 saturated carbocycles. The topological polar surface area (TPSA) is 29.3 Å². The van der Waals surface area contributed by atoms with E-state index >= 15 is 0 Å². The fraction of sp³-hybridized carbons (Fsp3) is 1.00. The van der Waals surface area contributed by atoms with Gasteiger partial charge in [-0.25, -0.2) is 0 Å². The zero-order chi connectivity index (χ0) is 5.56. The van der Waals surface area contributed by atoms with Crippen LogP contribution in [0.1, 0.15) is 6.42 Å². The lowest BCUT2D eigenvalue weighted by atomic mass is 10.0. The summed E-state index contributed by atoms with van der Waals surface area (Å²) < 4.78 is 0. The Morgan fingerprint density at radius 2 is 2.25 bits per heavy atom. The van der Waals surface area contributed by atoms with Crippen molar-refractivity contribution in [3.8, 4) is 0 Å². The number of piperidine rings is 1. The summed E-state index contributed by atoms with van der Waals surface area (Å²) in [5.74, 6) is 0.843. The van der Waals surface area contributed by atoms with Gasteiger partial charge < -0.3 is 10.6 Å². The maximum Gasteiger partial charge on any atom is 0.0209 e. The van der Waals surface area contributed by atoms with Crippen LogP contribution in [0.5, 0.6) is 0 Å². The van der Waals surface area contributed by atoms with E-state index in [0.717, 1.165) is 12.5 Å². The smallest absolute Gasteiger partial charge is 0.0209 e. The summed E-state index contributed by atoms with van der Waals surface area (Å²) >= 11 is 0. The quantitative estimate of drug-likeness (QED) is 0.464. The van der Waals surface area contributed by atoms with Crippen LogP contribution in [-0.4, -0.2) is 30.6 Å². The lowest BCUT2D eigenvalue weighted by Gasteiger charge is -2.16. The van der Waals surface area contributed by atoms with Crippen molar-refractivity contribution in [2.75, 3.05) is 19.6 Å². The minimum absolute atomic E-state index is 0.503. The normalized spacial score (nSPS) is 52.9. The van der Waals surface area contributed by atoms with E-state index in [4.69, 9.17) is 5.73 Å². The maximum absolute atomic E-state index is 5.78. The zero-order valence-corrected chi connectivity index (χ0v) is 5.01. The molecule has 2 aliphatic rings. The highest BCUT2D eigenvalue weighted by Gasteiger charge is 2.35. The molecule has 2 unspecified atom stereocenters. The van der Waals surface area contributed by atoms with Crippen LogP contribution in [0, 0.1) is 5.92 Å². The summed E-state index contributed by atoms with van der Waals surface area (Å²) in [6.45, 7) is 3.74. The molecule has 0 amide bonds. The van der Waals surface area contributed by atoms with Crippen LogP contribution < -0.4 is 5.73 Å². The second-order valence-corrected chi connectivity index (χ2v) is 2.97. The average Bonchev–Trinajstić information content (AvgIpc) is 2.23. The number of rotatable bonds is 0. The van der Waals surface area contributed by atoms with E-state index in [1.54, 1.807) is 0 Å². The molecule has 0 radical (unpaired) electrons. The van der Waals surface area contributed by atoms with Gasteiger partial charge in [0.15, 0.2) is 0 Å². The van der Waals surface area contributed by atoms with E-state index < -0.39 is 0 Å². The average molecular weight is 112 g/mol. The first-order valence-electron chi connectivity index (χ1n) is 3.34. The van der Waals surface area contributed by atoms with Crippen molar-refractivity contribution in [2.45, 2.75) is 12.5 Å². The Morgan fingerprint density at radius 1 is 1.38 bits per heavy atom. The zero-order valence-electron chi connectivity index (χ0n) is 5.01. The third-order valence-electron chi connectivity index (χ3n) is 2.38. The third kappa shape index (κ3) is 0.501. The fourth-order valence-corrected chi connectivity index (χ4v) is 1.83. The molecule has 2 aliphatic heterocycles. The van der Waals surface area contributed by atoms with Gasteiger partial charge in [-0.3, -0.25) is 0 Å². The summed E-state index contributed by atoms with van der Waals surface area (Å²) in [5.41, 5.74) is 5.78. The van der Waals surface area contributed by atoms with Gasteiger partial charge in [-0.15, -0.1) is 0 Å². The summed E-state index contributed by atoms with van der Waals surface area (Å²) in [6, 6.07) is 0.503. The Labute approximate surface area is 49.7 Å². The molecule has 2 fully saturated rings. The van der Waals surface area contributed by atoms with Gasteiger partial charge in [0.25, 0.3) is 0 Å². The first kappa shape index (κ1) is 4.77. The number of hydrogen-bond donors (Lipinski definition) is 1. The molecule has 2 heterocycles. The van der Waals surface area contributed by atoms with E-state index in [1.165, 1.54) is 19.5 Å². The van der Waals surface area contributed by atoms with Crippen molar-refractivity contribution in [2.24, 2.45) is 11.7 Å². The van der Waals surface area contributed by atoms with Crippen molar-refractivity contribution in [1.29, 1.82) is 0 Å². The Hall–Kier alpha value is -0.0800. The molecule has 2 saturated heterocycles. The number of nitrogens with two attached hydrogens (primary N) is 1. The second kappa shape index (κ2) is 1.45. The standard InChI is InChI=1S/C6H12N2/c7-6-4-8-2-1-5(6)3-8/h5-6H,1-4,7H2/t5?,6-/m1/s1. The second-order valence-electron chi connectivity index (χ2n) is 2.97. The largest absolute Gasteiger partial charge is 0.326 e. The monoisotopic (exact) mass is 112 g/mol. The van der Waals surface area contributed by atoms with Crippen LogP contribution in [0.4, 0.5) is 0 Å². The van der Waals surface area contributed by atoms with Crippen molar-refractivity contribution in [1.82, 2.24) is 4.90 Å². The van der Waals surface area contributed by atoms with Crippen molar-refractivity contribution in [3.05, 3.63) is 0 Å². The first-order valence-corrected chi connectivity index (χ1v) is 3.34. The van der Waals surface area contributed by atoms with Gasteiger partial charge >= 0.3 is 0 Å². The van der Waals surface area contributed by atoms with E-state index in [1.807, 2.05) is 0 Å². The minimum atomic E-state index is 0.503. The van der Waals surface area contributed by atoms with Crippen LogP contribution in [0.15, 0.2) is 0 Å². The number of nitrogens with zero attached hydrogens (tertiary/aromatic N) is 1. The lowest BCUT2D eigenvalue weighted by molar-refractivity contribution is 0.346. The van der Waals surface area contributed by atoms with E-state index in [0.29, 0.717) is 6.04 Å². The molecule has 2 nitrogen and oxygen atoms in total. The van der Waals surface area contributed by atoms with Crippen LogP contribution >= 0.6 is 0 Å².